The quantitative estimate of drug-likeness (QED) is 0.152. The van der Waals surface area contributed by atoms with Crippen molar-refractivity contribution in [2.45, 2.75) is 5.41 Å². The summed E-state index contributed by atoms with van der Waals surface area (Å²) in [6, 6.07) is 90.2. The van der Waals surface area contributed by atoms with Crippen LogP contribution in [0.3, 0.4) is 0 Å². The molecular formula is C61H41NO. The lowest BCUT2D eigenvalue weighted by molar-refractivity contribution is 0.666. The normalized spacial score (nSPS) is 12.6. The van der Waals surface area contributed by atoms with E-state index in [0.29, 0.717) is 0 Å². The van der Waals surface area contributed by atoms with Crippen molar-refractivity contribution in [1.82, 2.24) is 0 Å². The number of hydrogen-bond acceptors (Lipinski definition) is 2. The summed E-state index contributed by atoms with van der Waals surface area (Å²) in [7, 11) is 0. The number of rotatable bonds is 8. The first-order chi connectivity index (χ1) is 31.3. The fraction of sp³-hybridized carbons (Fsp3) is 0.0164. The highest BCUT2D eigenvalue weighted by molar-refractivity contribution is 6.18. The molecule has 11 aromatic rings. The lowest BCUT2D eigenvalue weighted by Crippen LogP contribution is -2.28. The molecule has 0 saturated carbocycles. The smallest absolute Gasteiger partial charge is 0.136 e. The van der Waals surface area contributed by atoms with Gasteiger partial charge in [0.1, 0.15) is 11.2 Å². The van der Waals surface area contributed by atoms with E-state index in [9.17, 15) is 0 Å². The average molecular weight is 804 g/mol. The molecule has 0 amide bonds. The van der Waals surface area contributed by atoms with Crippen LogP contribution < -0.4 is 4.90 Å². The minimum absolute atomic E-state index is 0.681. The highest BCUT2D eigenvalue weighted by Gasteiger charge is 2.48. The van der Waals surface area contributed by atoms with Crippen LogP contribution in [0.15, 0.2) is 253 Å². The summed E-state index contributed by atoms with van der Waals surface area (Å²) in [6.07, 6.45) is 0. The fourth-order valence-electron chi connectivity index (χ4n) is 10.2. The molecule has 63 heavy (non-hydrogen) atoms. The molecule has 1 heterocycles. The van der Waals surface area contributed by atoms with E-state index >= 15 is 0 Å². The third-order valence-electron chi connectivity index (χ3n) is 12.9. The number of fused-ring (bicyclic) bond motifs is 6. The Kier molecular flexibility index (Phi) is 8.76. The Hall–Kier alpha value is -8.20. The van der Waals surface area contributed by atoms with E-state index < -0.39 is 5.41 Å². The molecule has 0 bridgehead atoms. The zero-order chi connectivity index (χ0) is 41.7. The molecule has 0 N–H and O–H groups in total. The fourth-order valence-corrected chi connectivity index (χ4v) is 10.2. The molecule has 296 valence electrons. The van der Waals surface area contributed by atoms with Gasteiger partial charge in [-0.3, -0.25) is 0 Å². The maximum Gasteiger partial charge on any atom is 0.136 e. The summed E-state index contributed by atoms with van der Waals surface area (Å²) in [4.78, 5) is 2.41. The van der Waals surface area contributed by atoms with Crippen LogP contribution >= 0.6 is 0 Å². The predicted molar refractivity (Wildman–Crippen MR) is 262 cm³/mol. The first-order valence-corrected chi connectivity index (χ1v) is 21.7. The molecular weight excluding hydrogens is 763 g/mol. The van der Waals surface area contributed by atoms with Crippen LogP contribution in [0.25, 0.3) is 66.4 Å². The van der Waals surface area contributed by atoms with Gasteiger partial charge in [0.05, 0.1) is 5.41 Å². The van der Waals surface area contributed by atoms with Gasteiger partial charge in [0.15, 0.2) is 0 Å². The molecule has 2 heteroatoms. The Morgan fingerprint density at radius 3 is 1.30 bits per heavy atom. The van der Waals surface area contributed by atoms with E-state index in [1.165, 1.54) is 61.2 Å². The van der Waals surface area contributed by atoms with E-state index in [1.54, 1.807) is 0 Å². The van der Waals surface area contributed by atoms with E-state index in [0.717, 1.165) is 44.6 Å². The highest BCUT2D eigenvalue weighted by Crippen LogP contribution is 2.61. The third-order valence-corrected chi connectivity index (χ3v) is 12.9. The van der Waals surface area contributed by atoms with Crippen LogP contribution in [-0.2, 0) is 5.41 Å². The molecule has 2 nitrogen and oxygen atoms in total. The van der Waals surface area contributed by atoms with Crippen molar-refractivity contribution < 1.29 is 4.42 Å². The van der Waals surface area contributed by atoms with Crippen LogP contribution in [0.2, 0.25) is 0 Å². The van der Waals surface area contributed by atoms with Crippen molar-refractivity contribution in [2.24, 2.45) is 0 Å². The van der Waals surface area contributed by atoms with E-state index in [1.807, 2.05) is 0 Å². The van der Waals surface area contributed by atoms with Gasteiger partial charge >= 0.3 is 0 Å². The largest absolute Gasteiger partial charge is 0.456 e. The van der Waals surface area contributed by atoms with Crippen molar-refractivity contribution in [1.29, 1.82) is 0 Å². The van der Waals surface area contributed by atoms with Crippen LogP contribution in [-0.4, -0.2) is 0 Å². The number of anilines is 3. The minimum atomic E-state index is -0.681. The Bertz CT molecular complexity index is 3270. The van der Waals surface area contributed by atoms with Gasteiger partial charge in [0.2, 0.25) is 0 Å². The first-order valence-electron chi connectivity index (χ1n) is 21.7. The Labute approximate surface area is 367 Å². The second-order valence-corrected chi connectivity index (χ2v) is 16.4. The predicted octanol–water partition coefficient (Wildman–Crippen LogP) is 16.4. The lowest BCUT2D eigenvalue weighted by atomic mass is 9.67. The maximum absolute atomic E-state index is 6.86. The van der Waals surface area contributed by atoms with Gasteiger partial charge in [-0.15, -0.1) is 0 Å². The van der Waals surface area contributed by atoms with Gasteiger partial charge in [-0.1, -0.05) is 200 Å². The third kappa shape index (κ3) is 5.95. The number of furan rings is 1. The number of nitrogens with zero attached hydrogens (tertiary/aromatic N) is 1. The summed E-state index contributed by atoms with van der Waals surface area (Å²) in [5, 5.41) is 2.26. The molecule has 0 spiro atoms. The second-order valence-electron chi connectivity index (χ2n) is 16.4. The zero-order valence-electron chi connectivity index (χ0n) is 34.5. The van der Waals surface area contributed by atoms with Gasteiger partial charge in [0, 0.05) is 33.4 Å². The van der Waals surface area contributed by atoms with Crippen molar-refractivity contribution in [3.63, 3.8) is 0 Å². The van der Waals surface area contributed by atoms with E-state index in [2.05, 4.69) is 254 Å². The SMILES string of the molecule is c1ccc(-c2ccc(N(c3ccc(-c4ccccc4)cc3)c3ccc4c(c3)C(c3ccccc3)(c3ccccc3)c3cc5oc6ccccc6c5c(-c5ccccc5)c3-4)cc2)cc1. The highest BCUT2D eigenvalue weighted by atomic mass is 16.3. The van der Waals surface area contributed by atoms with Crippen molar-refractivity contribution in [3.05, 3.63) is 271 Å². The van der Waals surface area contributed by atoms with Gasteiger partial charge in [-0.2, -0.15) is 0 Å². The summed E-state index contributed by atoms with van der Waals surface area (Å²) >= 11 is 0. The zero-order valence-corrected chi connectivity index (χ0v) is 34.5. The molecule has 1 aliphatic rings. The number of hydrogen-bond donors (Lipinski definition) is 0. The summed E-state index contributed by atoms with van der Waals surface area (Å²) < 4.78 is 6.86. The molecule has 0 saturated heterocycles. The Morgan fingerprint density at radius 1 is 0.317 bits per heavy atom. The molecule has 10 aromatic carbocycles. The lowest BCUT2D eigenvalue weighted by Gasteiger charge is -2.35. The Morgan fingerprint density at radius 2 is 0.762 bits per heavy atom. The molecule has 0 atom stereocenters. The molecule has 12 rings (SSSR count). The summed E-state index contributed by atoms with van der Waals surface area (Å²) in [5.41, 5.74) is 18.7. The first kappa shape index (κ1) is 36.6. The monoisotopic (exact) mass is 803 g/mol. The minimum Gasteiger partial charge on any atom is -0.456 e. The molecule has 1 aromatic heterocycles. The molecule has 0 unspecified atom stereocenters. The van der Waals surface area contributed by atoms with Gasteiger partial charge in [-0.05, 0) is 110 Å². The molecule has 0 aliphatic heterocycles. The maximum atomic E-state index is 6.86. The Balaban J connectivity index is 1.15. The number of para-hydroxylation sites is 1. The topological polar surface area (TPSA) is 16.4 Å². The van der Waals surface area contributed by atoms with E-state index in [4.69, 9.17) is 4.42 Å². The van der Waals surface area contributed by atoms with Crippen LogP contribution in [0.4, 0.5) is 17.1 Å². The second kappa shape index (κ2) is 15.1. The van der Waals surface area contributed by atoms with Crippen molar-refractivity contribution in [3.8, 4) is 44.5 Å². The molecule has 0 radical (unpaired) electrons. The molecule has 0 fully saturated rings. The summed E-state index contributed by atoms with van der Waals surface area (Å²) in [6.45, 7) is 0. The number of benzene rings is 10. The van der Waals surface area contributed by atoms with Gasteiger partial charge in [-0.25, -0.2) is 0 Å². The van der Waals surface area contributed by atoms with Crippen molar-refractivity contribution in [2.75, 3.05) is 4.90 Å². The van der Waals surface area contributed by atoms with Gasteiger partial charge < -0.3 is 9.32 Å². The van der Waals surface area contributed by atoms with Gasteiger partial charge in [0.25, 0.3) is 0 Å². The molecule has 1 aliphatic carbocycles. The van der Waals surface area contributed by atoms with E-state index in [-0.39, 0.29) is 0 Å². The van der Waals surface area contributed by atoms with Crippen LogP contribution in [0, 0.1) is 0 Å². The van der Waals surface area contributed by atoms with Crippen LogP contribution in [0.5, 0.6) is 0 Å². The average Bonchev–Trinajstić information content (AvgIpc) is 3.88. The standard InChI is InChI=1S/C61H41NO/c1-6-18-42(19-7-1)44-30-34-49(35-31-44)62(50-36-32-45(33-37-50)43-20-8-2-9-21-43)51-38-39-52-54(40-51)61(47-24-12-4-13-25-47,48-26-14-5-15-27-48)55-41-57-60(53-28-16-17-29-56(53)63-57)58(59(52)55)46-22-10-3-11-23-46/h1-41H. The van der Waals surface area contributed by atoms with Crippen molar-refractivity contribution >= 4 is 39.0 Å². The van der Waals surface area contributed by atoms with Crippen LogP contribution in [0.1, 0.15) is 22.3 Å². The summed E-state index contributed by atoms with van der Waals surface area (Å²) in [5.74, 6) is 0.